The second kappa shape index (κ2) is 5.96. The summed E-state index contributed by atoms with van der Waals surface area (Å²) in [4.78, 5) is 2.55. The number of nitrogens with one attached hydrogen (secondary N) is 1. The summed E-state index contributed by atoms with van der Waals surface area (Å²) in [6, 6.07) is 8.79. The number of hydrogen-bond acceptors (Lipinski definition) is 2. The van der Waals surface area contributed by atoms with Crippen molar-refractivity contribution in [2.24, 2.45) is 5.92 Å². The third-order valence-corrected chi connectivity index (χ3v) is 4.84. The predicted molar refractivity (Wildman–Crippen MR) is 81.7 cm³/mol. The fourth-order valence-corrected chi connectivity index (χ4v) is 3.72. The smallest absolute Gasteiger partial charge is 0.0376 e. The van der Waals surface area contributed by atoms with Crippen molar-refractivity contribution < 1.29 is 0 Å². The van der Waals surface area contributed by atoms with Crippen LogP contribution < -0.4 is 5.32 Å². The molecule has 0 saturated heterocycles. The zero-order valence-corrected chi connectivity index (χ0v) is 12.1. The summed E-state index contributed by atoms with van der Waals surface area (Å²) < 4.78 is 0. The lowest BCUT2D eigenvalue weighted by Gasteiger charge is -2.22. The van der Waals surface area contributed by atoms with Crippen molar-refractivity contribution >= 4 is 5.69 Å². The van der Waals surface area contributed by atoms with Crippen LogP contribution >= 0.6 is 0 Å². The molecule has 0 amide bonds. The van der Waals surface area contributed by atoms with Crippen LogP contribution in [-0.4, -0.2) is 31.6 Å². The van der Waals surface area contributed by atoms with E-state index < -0.39 is 0 Å². The summed E-state index contributed by atoms with van der Waals surface area (Å²) >= 11 is 0. The molecule has 1 aromatic rings. The normalized spacial score (nSPS) is 22.7. The fraction of sp³-hybridized carbons (Fsp3) is 0.647. The first-order valence-electron chi connectivity index (χ1n) is 7.84. The zero-order valence-electron chi connectivity index (χ0n) is 12.1. The van der Waals surface area contributed by atoms with Crippen molar-refractivity contribution in [1.29, 1.82) is 0 Å². The van der Waals surface area contributed by atoms with Crippen molar-refractivity contribution in [3.05, 3.63) is 29.8 Å². The Kier molecular flexibility index (Phi) is 4.07. The Balaban J connectivity index is 1.47. The molecule has 1 aliphatic carbocycles. The highest BCUT2D eigenvalue weighted by atomic mass is 15.1. The molecule has 19 heavy (non-hydrogen) atoms. The van der Waals surface area contributed by atoms with Gasteiger partial charge in [-0.1, -0.05) is 31.0 Å². The van der Waals surface area contributed by atoms with Crippen LogP contribution in [0.25, 0.3) is 0 Å². The molecule has 1 fully saturated rings. The van der Waals surface area contributed by atoms with E-state index in [1.54, 1.807) is 0 Å². The predicted octanol–water partition coefficient (Wildman–Crippen LogP) is 3.71. The fourth-order valence-electron chi connectivity index (χ4n) is 3.72. The first-order chi connectivity index (χ1) is 9.33. The molecule has 1 unspecified atom stereocenters. The van der Waals surface area contributed by atoms with Crippen LogP contribution in [-0.2, 0) is 0 Å². The van der Waals surface area contributed by atoms with E-state index in [4.69, 9.17) is 0 Å². The highest BCUT2D eigenvalue weighted by molar-refractivity contribution is 5.57. The minimum absolute atomic E-state index is 0.710. The molecule has 2 heteroatoms. The first kappa shape index (κ1) is 13.0. The molecule has 1 aromatic carbocycles. The summed E-state index contributed by atoms with van der Waals surface area (Å²) in [6.45, 7) is 3.66. The average molecular weight is 258 g/mol. The molecule has 1 atom stereocenters. The van der Waals surface area contributed by atoms with Crippen LogP contribution in [0, 0.1) is 5.92 Å². The van der Waals surface area contributed by atoms with Crippen molar-refractivity contribution in [2.45, 2.75) is 38.0 Å². The molecule has 0 bridgehead atoms. The number of para-hydroxylation sites is 1. The van der Waals surface area contributed by atoms with Gasteiger partial charge in [-0.15, -0.1) is 0 Å². The molecule has 2 aliphatic rings. The minimum Gasteiger partial charge on any atom is -0.384 e. The highest BCUT2D eigenvalue weighted by Crippen LogP contribution is 2.33. The SMILES string of the molecule is CN(CCC1CNc2ccccc21)CC1CCCC1. The molecular formula is C17H26N2. The Labute approximate surface area is 117 Å². The molecule has 0 aromatic heterocycles. The Morgan fingerprint density at radius 1 is 1.21 bits per heavy atom. The van der Waals surface area contributed by atoms with Crippen LogP contribution in [0.2, 0.25) is 0 Å². The molecule has 1 aliphatic heterocycles. The first-order valence-corrected chi connectivity index (χ1v) is 7.84. The van der Waals surface area contributed by atoms with Crippen LogP contribution in [0.3, 0.4) is 0 Å². The van der Waals surface area contributed by atoms with Gasteiger partial charge in [0.15, 0.2) is 0 Å². The van der Waals surface area contributed by atoms with Gasteiger partial charge in [0.05, 0.1) is 0 Å². The molecule has 104 valence electrons. The van der Waals surface area contributed by atoms with Gasteiger partial charge >= 0.3 is 0 Å². The van der Waals surface area contributed by atoms with Crippen molar-refractivity contribution in [2.75, 3.05) is 32.0 Å². The van der Waals surface area contributed by atoms with Crippen molar-refractivity contribution in [1.82, 2.24) is 4.90 Å². The quantitative estimate of drug-likeness (QED) is 0.866. The number of rotatable bonds is 5. The van der Waals surface area contributed by atoms with Crippen molar-refractivity contribution in [3.63, 3.8) is 0 Å². The minimum atomic E-state index is 0.710. The van der Waals surface area contributed by atoms with E-state index in [0.29, 0.717) is 5.92 Å². The van der Waals surface area contributed by atoms with E-state index in [1.165, 1.54) is 56.4 Å². The molecule has 3 rings (SSSR count). The number of anilines is 1. The van der Waals surface area contributed by atoms with Crippen LogP contribution in [0.1, 0.15) is 43.6 Å². The van der Waals surface area contributed by atoms with E-state index in [0.717, 1.165) is 12.5 Å². The summed E-state index contributed by atoms with van der Waals surface area (Å²) in [5, 5.41) is 3.53. The maximum Gasteiger partial charge on any atom is 0.0376 e. The van der Waals surface area contributed by atoms with E-state index in [2.05, 4.69) is 41.5 Å². The summed E-state index contributed by atoms with van der Waals surface area (Å²) in [5.74, 6) is 1.68. The van der Waals surface area contributed by atoms with Gasteiger partial charge in [0.2, 0.25) is 0 Å². The topological polar surface area (TPSA) is 15.3 Å². The van der Waals surface area contributed by atoms with E-state index in [9.17, 15) is 0 Å². The molecule has 0 spiro atoms. The maximum absolute atomic E-state index is 3.53. The van der Waals surface area contributed by atoms with Crippen LogP contribution in [0.4, 0.5) is 5.69 Å². The summed E-state index contributed by atoms with van der Waals surface area (Å²) in [5.41, 5.74) is 2.88. The zero-order chi connectivity index (χ0) is 13.1. The van der Waals surface area contributed by atoms with Crippen molar-refractivity contribution in [3.8, 4) is 0 Å². The molecular weight excluding hydrogens is 232 g/mol. The standard InChI is InChI=1S/C17H26N2/c1-19(13-14-6-2-3-7-14)11-10-15-12-18-17-9-5-4-8-16(15)17/h4-5,8-9,14-15,18H,2-3,6-7,10-13H2,1H3. The highest BCUT2D eigenvalue weighted by Gasteiger charge is 2.22. The van der Waals surface area contributed by atoms with Gasteiger partial charge in [-0.2, -0.15) is 0 Å². The van der Waals surface area contributed by atoms with Crippen LogP contribution in [0.15, 0.2) is 24.3 Å². The van der Waals surface area contributed by atoms with Gasteiger partial charge < -0.3 is 10.2 Å². The monoisotopic (exact) mass is 258 g/mol. The van der Waals surface area contributed by atoms with E-state index >= 15 is 0 Å². The van der Waals surface area contributed by atoms with Gasteiger partial charge in [-0.25, -0.2) is 0 Å². The second-order valence-corrected chi connectivity index (χ2v) is 6.37. The third-order valence-electron chi connectivity index (χ3n) is 4.84. The number of benzene rings is 1. The van der Waals surface area contributed by atoms with Gasteiger partial charge in [0.25, 0.3) is 0 Å². The lowest BCUT2D eigenvalue weighted by molar-refractivity contribution is 0.270. The van der Waals surface area contributed by atoms with Gasteiger partial charge in [-0.05, 0) is 50.4 Å². The number of hydrogen-bond donors (Lipinski definition) is 1. The van der Waals surface area contributed by atoms with E-state index in [1.807, 2.05) is 0 Å². The lowest BCUT2D eigenvalue weighted by atomic mass is 9.97. The Hall–Kier alpha value is -1.02. The number of nitrogens with zero attached hydrogens (tertiary/aromatic N) is 1. The molecule has 1 N–H and O–H groups in total. The second-order valence-electron chi connectivity index (χ2n) is 6.37. The Morgan fingerprint density at radius 3 is 2.84 bits per heavy atom. The third kappa shape index (κ3) is 3.11. The van der Waals surface area contributed by atoms with Crippen LogP contribution in [0.5, 0.6) is 0 Å². The van der Waals surface area contributed by atoms with Gasteiger partial charge in [0, 0.05) is 24.7 Å². The number of fused-ring (bicyclic) bond motifs is 1. The lowest BCUT2D eigenvalue weighted by Crippen LogP contribution is -2.26. The Morgan fingerprint density at radius 2 is 2.00 bits per heavy atom. The van der Waals surface area contributed by atoms with E-state index in [-0.39, 0.29) is 0 Å². The van der Waals surface area contributed by atoms with Gasteiger partial charge in [-0.3, -0.25) is 0 Å². The molecule has 0 radical (unpaired) electrons. The summed E-state index contributed by atoms with van der Waals surface area (Å²) in [7, 11) is 2.30. The summed E-state index contributed by atoms with van der Waals surface area (Å²) in [6.07, 6.45) is 7.11. The molecule has 1 saturated carbocycles. The average Bonchev–Trinajstić information content (AvgIpc) is 3.05. The molecule has 1 heterocycles. The largest absolute Gasteiger partial charge is 0.384 e. The maximum atomic E-state index is 3.53. The Bertz CT molecular complexity index is 409. The van der Waals surface area contributed by atoms with Gasteiger partial charge in [0.1, 0.15) is 0 Å². The molecule has 2 nitrogen and oxygen atoms in total.